The first-order chi connectivity index (χ1) is 14.5. The van der Waals surface area contributed by atoms with E-state index in [0.717, 1.165) is 16.7 Å². The highest BCUT2D eigenvalue weighted by atomic mass is 32.1. The van der Waals surface area contributed by atoms with E-state index in [1.165, 1.54) is 4.68 Å². The molecule has 0 bridgehead atoms. The van der Waals surface area contributed by atoms with Crippen molar-refractivity contribution in [1.82, 2.24) is 15.0 Å². The number of hydrogen-bond donors (Lipinski definition) is 2. The summed E-state index contributed by atoms with van der Waals surface area (Å²) in [6, 6.07) is 16.8. The first-order valence-corrected chi connectivity index (χ1v) is 10.9. The standard InChI is InChI=1S/C22H19N3O3S2/c26-21-17-3-1-2-4-19(17)23-24-25(21)11-9-18(22(27)28)20(29)15-7-5-14(6-8-15)16-10-12-30-13-16/h1-8,10,12-13,18,20,29H,9,11H2,(H,27,28). The van der Waals surface area contributed by atoms with Crippen LogP contribution < -0.4 is 5.56 Å². The van der Waals surface area contributed by atoms with E-state index in [4.69, 9.17) is 0 Å². The van der Waals surface area contributed by atoms with Gasteiger partial charge in [-0.25, -0.2) is 4.68 Å². The molecule has 8 heteroatoms. The molecule has 0 fully saturated rings. The van der Waals surface area contributed by atoms with Crippen molar-refractivity contribution < 1.29 is 9.90 Å². The summed E-state index contributed by atoms with van der Waals surface area (Å²) in [4.78, 5) is 24.5. The van der Waals surface area contributed by atoms with Gasteiger partial charge in [0.05, 0.1) is 11.3 Å². The monoisotopic (exact) mass is 437 g/mol. The van der Waals surface area contributed by atoms with Gasteiger partial charge >= 0.3 is 5.97 Å². The third-order valence-electron chi connectivity index (χ3n) is 5.09. The number of carbonyl (C=O) groups is 1. The third kappa shape index (κ3) is 4.15. The van der Waals surface area contributed by atoms with Crippen molar-refractivity contribution in [3.05, 3.63) is 81.3 Å². The summed E-state index contributed by atoms with van der Waals surface area (Å²) in [6.07, 6.45) is 0.211. The molecule has 0 spiro atoms. The Bertz CT molecular complexity index is 1220. The lowest BCUT2D eigenvalue weighted by atomic mass is 9.94. The molecule has 2 unspecified atom stereocenters. The highest BCUT2D eigenvalue weighted by molar-refractivity contribution is 7.80. The van der Waals surface area contributed by atoms with Crippen LogP contribution in [0.1, 0.15) is 17.2 Å². The molecule has 2 aromatic heterocycles. The predicted octanol–water partition coefficient (Wildman–Crippen LogP) is 4.28. The Morgan fingerprint density at radius 2 is 1.87 bits per heavy atom. The summed E-state index contributed by atoms with van der Waals surface area (Å²) >= 11 is 6.22. The Kier molecular flexibility index (Phi) is 5.96. The van der Waals surface area contributed by atoms with E-state index < -0.39 is 17.1 Å². The number of rotatable bonds is 7. The van der Waals surface area contributed by atoms with Crippen LogP contribution in [0.15, 0.2) is 70.2 Å². The number of carboxylic acids is 1. The Labute approximate surface area is 182 Å². The van der Waals surface area contributed by atoms with Crippen molar-refractivity contribution in [2.24, 2.45) is 5.92 Å². The average Bonchev–Trinajstić information content (AvgIpc) is 3.30. The molecule has 0 aliphatic rings. The second-order valence-corrected chi connectivity index (χ2v) is 8.28. The number of thiol groups is 1. The quantitative estimate of drug-likeness (QED) is 0.422. The molecule has 0 saturated heterocycles. The molecule has 2 atom stereocenters. The zero-order chi connectivity index (χ0) is 21.1. The minimum absolute atomic E-state index is 0.150. The fourth-order valence-corrected chi connectivity index (χ4v) is 4.50. The molecule has 4 rings (SSSR count). The zero-order valence-electron chi connectivity index (χ0n) is 15.9. The molecule has 4 aromatic rings. The second-order valence-electron chi connectivity index (χ2n) is 6.95. The van der Waals surface area contributed by atoms with E-state index in [9.17, 15) is 14.7 Å². The van der Waals surface area contributed by atoms with E-state index in [2.05, 4.69) is 28.3 Å². The van der Waals surface area contributed by atoms with Gasteiger partial charge in [-0.2, -0.15) is 24.0 Å². The van der Waals surface area contributed by atoms with Gasteiger partial charge in [0.2, 0.25) is 0 Å². The number of aryl methyl sites for hydroxylation is 1. The Morgan fingerprint density at radius 3 is 2.57 bits per heavy atom. The molecule has 0 saturated carbocycles. The number of hydrogen-bond acceptors (Lipinski definition) is 6. The van der Waals surface area contributed by atoms with Crippen LogP contribution in [0.2, 0.25) is 0 Å². The van der Waals surface area contributed by atoms with Crippen LogP contribution in [0, 0.1) is 5.92 Å². The summed E-state index contributed by atoms with van der Waals surface area (Å²) in [5.74, 6) is -1.74. The van der Waals surface area contributed by atoms with Crippen LogP contribution in [0.3, 0.4) is 0 Å². The van der Waals surface area contributed by atoms with Crippen LogP contribution in [-0.4, -0.2) is 26.1 Å². The molecule has 0 aliphatic heterocycles. The van der Waals surface area contributed by atoms with E-state index in [1.807, 2.05) is 35.7 Å². The van der Waals surface area contributed by atoms with Gasteiger partial charge in [0, 0.05) is 11.8 Å². The second kappa shape index (κ2) is 8.81. The van der Waals surface area contributed by atoms with Crippen LogP contribution in [0.25, 0.3) is 22.0 Å². The number of nitrogens with zero attached hydrogens (tertiary/aromatic N) is 3. The van der Waals surface area contributed by atoms with Crippen LogP contribution in [-0.2, 0) is 11.3 Å². The molecule has 30 heavy (non-hydrogen) atoms. The fourth-order valence-electron chi connectivity index (χ4n) is 3.38. The third-order valence-corrected chi connectivity index (χ3v) is 6.43. The van der Waals surface area contributed by atoms with E-state index in [-0.39, 0.29) is 18.5 Å². The highest BCUT2D eigenvalue weighted by Crippen LogP contribution is 2.33. The topological polar surface area (TPSA) is 85.1 Å². The summed E-state index contributed by atoms with van der Waals surface area (Å²) in [6.45, 7) is 0.150. The number of benzene rings is 2. The van der Waals surface area contributed by atoms with Crippen molar-refractivity contribution in [1.29, 1.82) is 0 Å². The van der Waals surface area contributed by atoms with Gasteiger partial charge in [0.1, 0.15) is 5.52 Å². The van der Waals surface area contributed by atoms with Gasteiger partial charge in [-0.15, -0.1) is 5.10 Å². The van der Waals surface area contributed by atoms with Gasteiger partial charge in [-0.05, 0) is 52.1 Å². The van der Waals surface area contributed by atoms with Crippen molar-refractivity contribution in [3.8, 4) is 11.1 Å². The van der Waals surface area contributed by atoms with Gasteiger partial charge < -0.3 is 5.11 Å². The summed E-state index contributed by atoms with van der Waals surface area (Å²) in [5.41, 5.74) is 3.27. The van der Waals surface area contributed by atoms with E-state index in [1.54, 1.807) is 35.6 Å². The Balaban J connectivity index is 1.52. The minimum Gasteiger partial charge on any atom is -0.481 e. The summed E-state index contributed by atoms with van der Waals surface area (Å²) < 4.78 is 1.22. The number of thiophene rings is 1. The van der Waals surface area contributed by atoms with Crippen LogP contribution in [0.5, 0.6) is 0 Å². The van der Waals surface area contributed by atoms with Crippen LogP contribution >= 0.6 is 24.0 Å². The highest BCUT2D eigenvalue weighted by Gasteiger charge is 2.27. The van der Waals surface area contributed by atoms with Gasteiger partial charge in [0.15, 0.2) is 0 Å². The molecule has 0 amide bonds. The normalized spacial score (nSPS) is 13.2. The molecule has 1 N–H and O–H groups in total. The van der Waals surface area contributed by atoms with Crippen molar-refractivity contribution in [2.75, 3.05) is 0 Å². The smallest absolute Gasteiger partial charge is 0.308 e. The van der Waals surface area contributed by atoms with Crippen molar-refractivity contribution >= 4 is 40.8 Å². The minimum atomic E-state index is -0.960. The molecule has 152 valence electrons. The maximum absolute atomic E-state index is 12.6. The van der Waals surface area contributed by atoms with Crippen LogP contribution in [0.4, 0.5) is 0 Å². The molecule has 0 radical (unpaired) electrons. The number of carboxylic acid groups (broad SMARTS) is 1. The Hall–Kier alpha value is -2.97. The average molecular weight is 438 g/mol. The number of fused-ring (bicyclic) bond motifs is 1. The molecule has 2 aromatic carbocycles. The maximum Gasteiger partial charge on any atom is 0.308 e. The first kappa shape index (κ1) is 20.3. The molecule has 2 heterocycles. The Morgan fingerprint density at radius 1 is 1.10 bits per heavy atom. The summed E-state index contributed by atoms with van der Waals surface area (Å²) in [7, 11) is 0. The lowest BCUT2D eigenvalue weighted by Crippen LogP contribution is -2.28. The molecular weight excluding hydrogens is 418 g/mol. The fraction of sp³-hybridized carbons (Fsp3) is 0.182. The first-order valence-electron chi connectivity index (χ1n) is 9.40. The number of aromatic nitrogens is 3. The largest absolute Gasteiger partial charge is 0.481 e. The van der Waals surface area contributed by atoms with Crippen molar-refractivity contribution in [2.45, 2.75) is 18.2 Å². The summed E-state index contributed by atoms with van der Waals surface area (Å²) in [5, 5.41) is 21.8. The molecular formula is C22H19N3O3S2. The van der Waals surface area contributed by atoms with E-state index >= 15 is 0 Å². The molecule has 0 aliphatic carbocycles. The van der Waals surface area contributed by atoms with E-state index in [0.29, 0.717) is 10.9 Å². The molecule has 6 nitrogen and oxygen atoms in total. The van der Waals surface area contributed by atoms with Gasteiger partial charge in [0.25, 0.3) is 5.56 Å². The number of aliphatic carboxylic acids is 1. The van der Waals surface area contributed by atoms with Gasteiger partial charge in [-0.1, -0.05) is 41.6 Å². The lowest BCUT2D eigenvalue weighted by Gasteiger charge is -2.20. The SMILES string of the molecule is O=C(O)C(CCn1nnc2ccccc2c1=O)C(S)c1ccc(-c2ccsc2)cc1. The van der Waals surface area contributed by atoms with Crippen molar-refractivity contribution in [3.63, 3.8) is 0 Å². The zero-order valence-corrected chi connectivity index (χ0v) is 17.6. The lowest BCUT2D eigenvalue weighted by molar-refractivity contribution is -0.142. The van der Waals surface area contributed by atoms with Gasteiger partial charge in [-0.3, -0.25) is 9.59 Å². The predicted molar refractivity (Wildman–Crippen MR) is 121 cm³/mol. The maximum atomic E-state index is 12.6.